The van der Waals surface area contributed by atoms with Crippen LogP contribution in [0.2, 0.25) is 0 Å². The lowest BCUT2D eigenvalue weighted by Crippen LogP contribution is -2.34. The lowest BCUT2D eigenvalue weighted by atomic mass is 10.2. The lowest BCUT2D eigenvalue weighted by molar-refractivity contribution is -0.140. The summed E-state index contributed by atoms with van der Waals surface area (Å²) in [4.78, 5) is 37.1. The number of anilines is 1. The van der Waals surface area contributed by atoms with Gasteiger partial charge in [0.05, 0.1) is 12.1 Å². The van der Waals surface area contributed by atoms with Crippen LogP contribution in [-0.4, -0.2) is 50.4 Å². The predicted molar refractivity (Wildman–Crippen MR) is 93.2 cm³/mol. The van der Waals surface area contributed by atoms with E-state index in [-0.39, 0.29) is 28.1 Å². The van der Waals surface area contributed by atoms with Crippen molar-refractivity contribution in [3.63, 3.8) is 0 Å². The van der Waals surface area contributed by atoms with E-state index in [1.165, 1.54) is 0 Å². The molecule has 8 nitrogen and oxygen atoms in total. The summed E-state index contributed by atoms with van der Waals surface area (Å²) >= 11 is 6.02. The van der Waals surface area contributed by atoms with Crippen molar-refractivity contribution in [3.05, 3.63) is 35.1 Å². The highest BCUT2D eigenvalue weighted by Gasteiger charge is 2.40. The molecule has 1 fully saturated rings. The molecule has 0 unspecified atom stereocenters. The zero-order valence-electron chi connectivity index (χ0n) is 12.7. The first-order chi connectivity index (χ1) is 11.9. The molecule has 10 heteroatoms. The fourth-order valence-corrected chi connectivity index (χ4v) is 3.70. The largest absolute Gasteiger partial charge is 0.481 e. The van der Waals surface area contributed by atoms with Crippen LogP contribution in [0.3, 0.4) is 0 Å². The van der Waals surface area contributed by atoms with Gasteiger partial charge in [0.15, 0.2) is 5.75 Å². The Labute approximate surface area is 151 Å². The SMILES string of the molecule is O=C(O)CCN1/C(=C2/SC(=S)N(CC(=O)O)C2=O)Oc2ccccc21. The number of fused-ring (bicyclic) bond motifs is 1. The molecule has 2 N–H and O–H groups in total. The fraction of sp³-hybridized carbons (Fsp3) is 0.200. The highest BCUT2D eigenvalue weighted by molar-refractivity contribution is 8.26. The summed E-state index contributed by atoms with van der Waals surface area (Å²) in [5.74, 6) is -2.07. The Hall–Kier alpha value is -2.59. The predicted octanol–water partition coefficient (Wildman–Crippen LogP) is 1.47. The molecular formula is C15H12N2O6S2. The van der Waals surface area contributed by atoms with Gasteiger partial charge in [-0.3, -0.25) is 19.3 Å². The summed E-state index contributed by atoms with van der Waals surface area (Å²) < 4.78 is 5.86. The molecule has 130 valence electrons. The van der Waals surface area contributed by atoms with Crippen LogP contribution >= 0.6 is 24.0 Å². The Morgan fingerprint density at radius 2 is 1.88 bits per heavy atom. The fourth-order valence-electron chi connectivity index (χ4n) is 2.43. The Balaban J connectivity index is 1.98. The number of para-hydroxylation sites is 2. The number of carbonyl (C=O) groups excluding carboxylic acids is 1. The van der Waals surface area contributed by atoms with E-state index in [0.29, 0.717) is 11.4 Å². The van der Waals surface area contributed by atoms with Crippen molar-refractivity contribution in [2.45, 2.75) is 6.42 Å². The summed E-state index contributed by atoms with van der Waals surface area (Å²) in [6.45, 7) is -0.436. The van der Waals surface area contributed by atoms with Crippen LogP contribution in [0.25, 0.3) is 0 Å². The summed E-state index contributed by atoms with van der Waals surface area (Å²) in [6, 6.07) is 6.98. The third-order valence-corrected chi connectivity index (χ3v) is 4.91. The molecule has 0 spiro atoms. The van der Waals surface area contributed by atoms with Crippen LogP contribution in [0.5, 0.6) is 5.75 Å². The van der Waals surface area contributed by atoms with Gasteiger partial charge < -0.3 is 19.8 Å². The van der Waals surface area contributed by atoms with Gasteiger partial charge in [0.2, 0.25) is 5.88 Å². The van der Waals surface area contributed by atoms with E-state index in [9.17, 15) is 14.4 Å². The van der Waals surface area contributed by atoms with Gasteiger partial charge in [-0.2, -0.15) is 0 Å². The number of hydrogen-bond donors (Lipinski definition) is 2. The maximum absolute atomic E-state index is 12.5. The first-order valence-electron chi connectivity index (χ1n) is 7.14. The summed E-state index contributed by atoms with van der Waals surface area (Å²) in [5, 5.41) is 17.9. The van der Waals surface area contributed by atoms with Crippen molar-refractivity contribution in [2.24, 2.45) is 0 Å². The van der Waals surface area contributed by atoms with Crippen molar-refractivity contribution in [2.75, 3.05) is 18.0 Å². The third-order valence-electron chi connectivity index (χ3n) is 3.49. The number of hydrogen-bond acceptors (Lipinski definition) is 7. The number of carboxylic acid groups (broad SMARTS) is 2. The topological polar surface area (TPSA) is 107 Å². The second kappa shape index (κ2) is 6.73. The summed E-state index contributed by atoms with van der Waals surface area (Å²) in [5.41, 5.74) is 0.641. The van der Waals surface area contributed by atoms with Crippen molar-refractivity contribution >= 4 is 51.8 Å². The first-order valence-corrected chi connectivity index (χ1v) is 8.37. The number of benzene rings is 1. The van der Waals surface area contributed by atoms with Gasteiger partial charge in [-0.05, 0) is 23.9 Å². The van der Waals surface area contributed by atoms with Crippen LogP contribution in [0.4, 0.5) is 5.69 Å². The average Bonchev–Trinajstić information content (AvgIpc) is 3.04. The van der Waals surface area contributed by atoms with E-state index < -0.39 is 24.4 Å². The lowest BCUT2D eigenvalue weighted by Gasteiger charge is -2.18. The van der Waals surface area contributed by atoms with E-state index in [2.05, 4.69) is 0 Å². The second-order valence-electron chi connectivity index (χ2n) is 5.15. The zero-order valence-corrected chi connectivity index (χ0v) is 14.3. The number of carbonyl (C=O) groups is 3. The van der Waals surface area contributed by atoms with Crippen molar-refractivity contribution in [3.8, 4) is 5.75 Å². The van der Waals surface area contributed by atoms with Crippen molar-refractivity contribution in [1.29, 1.82) is 0 Å². The molecule has 1 saturated heterocycles. The number of amides is 1. The molecular weight excluding hydrogens is 368 g/mol. The van der Waals surface area contributed by atoms with E-state index >= 15 is 0 Å². The number of ether oxygens (including phenoxy) is 1. The molecule has 2 aliphatic heterocycles. The van der Waals surface area contributed by atoms with Crippen molar-refractivity contribution < 1.29 is 29.3 Å². The minimum atomic E-state index is -1.18. The number of nitrogens with zero attached hydrogens (tertiary/aromatic N) is 2. The van der Waals surface area contributed by atoms with E-state index in [0.717, 1.165) is 16.7 Å². The maximum atomic E-state index is 12.5. The minimum Gasteiger partial charge on any atom is -0.481 e. The van der Waals surface area contributed by atoms with Crippen LogP contribution in [0, 0.1) is 0 Å². The number of thioether (sulfide) groups is 1. The molecule has 3 rings (SSSR count). The molecule has 1 aromatic carbocycles. The van der Waals surface area contributed by atoms with Gasteiger partial charge >= 0.3 is 11.9 Å². The van der Waals surface area contributed by atoms with E-state index in [4.69, 9.17) is 27.2 Å². The number of carboxylic acids is 2. The van der Waals surface area contributed by atoms with Crippen LogP contribution < -0.4 is 9.64 Å². The van der Waals surface area contributed by atoms with Crippen LogP contribution in [0.15, 0.2) is 35.1 Å². The van der Waals surface area contributed by atoms with Gasteiger partial charge in [0, 0.05) is 6.54 Å². The monoisotopic (exact) mass is 380 g/mol. The molecule has 0 atom stereocenters. The summed E-state index contributed by atoms with van der Waals surface area (Å²) in [6.07, 6.45) is -0.156. The number of thiocarbonyl (C=S) groups is 1. The quantitative estimate of drug-likeness (QED) is 0.580. The van der Waals surface area contributed by atoms with Gasteiger partial charge in [0.1, 0.15) is 15.8 Å². The molecule has 0 saturated carbocycles. The maximum Gasteiger partial charge on any atom is 0.323 e. The van der Waals surface area contributed by atoms with E-state index in [1.807, 2.05) is 0 Å². The van der Waals surface area contributed by atoms with Crippen molar-refractivity contribution in [1.82, 2.24) is 4.90 Å². The normalized spacial score (nSPS) is 19.2. The highest BCUT2D eigenvalue weighted by atomic mass is 32.2. The molecule has 2 heterocycles. The van der Waals surface area contributed by atoms with E-state index in [1.54, 1.807) is 29.2 Å². The van der Waals surface area contributed by atoms with Crippen LogP contribution in [-0.2, 0) is 14.4 Å². The van der Waals surface area contributed by atoms with Gasteiger partial charge in [-0.1, -0.05) is 24.4 Å². The molecule has 0 aliphatic carbocycles. The molecule has 1 amide bonds. The van der Waals surface area contributed by atoms with Gasteiger partial charge in [0.25, 0.3) is 5.91 Å². The molecule has 1 aromatic rings. The zero-order chi connectivity index (χ0) is 18.1. The average molecular weight is 380 g/mol. The molecule has 0 bridgehead atoms. The standard InChI is InChI=1S/C15H12N2O6S2/c18-10(19)5-6-16-8-3-1-2-4-9(8)23-14(16)12-13(22)17(7-11(20)21)15(24)25-12/h1-4H,5-7H2,(H,18,19)(H,20,21)/b14-12-. The Morgan fingerprint density at radius 3 is 2.56 bits per heavy atom. The second-order valence-corrected chi connectivity index (χ2v) is 6.80. The van der Waals surface area contributed by atoms with Gasteiger partial charge in [-0.25, -0.2) is 0 Å². The molecule has 2 aliphatic rings. The Morgan fingerprint density at radius 1 is 1.16 bits per heavy atom. The smallest absolute Gasteiger partial charge is 0.323 e. The molecule has 0 aromatic heterocycles. The highest BCUT2D eigenvalue weighted by Crippen LogP contribution is 2.44. The Bertz CT molecular complexity index is 822. The minimum absolute atomic E-state index is 0.102. The molecule has 0 radical (unpaired) electrons. The number of aliphatic carboxylic acids is 2. The van der Waals surface area contributed by atoms with Crippen LogP contribution in [0.1, 0.15) is 6.42 Å². The van der Waals surface area contributed by atoms with Gasteiger partial charge in [-0.15, -0.1) is 0 Å². The third kappa shape index (κ3) is 3.30. The summed E-state index contributed by atoms with van der Waals surface area (Å²) in [7, 11) is 0. The first kappa shape index (κ1) is 17.2. The molecule has 25 heavy (non-hydrogen) atoms. The Kier molecular flexibility index (Phi) is 4.64. The number of rotatable bonds is 5.